The van der Waals surface area contributed by atoms with Crippen LogP contribution in [0, 0.1) is 20.8 Å². The van der Waals surface area contributed by atoms with Crippen LogP contribution >= 0.6 is 0 Å². The molecule has 0 atom stereocenters. The number of nitrogens with one attached hydrogen (secondary N) is 1. The average molecular weight is 372 g/mol. The summed E-state index contributed by atoms with van der Waals surface area (Å²) in [5.41, 5.74) is 4.08. The van der Waals surface area contributed by atoms with Gasteiger partial charge in [0.1, 0.15) is 0 Å². The molecule has 2 aromatic rings. The average Bonchev–Trinajstić information content (AvgIpc) is 2.53. The molecule has 1 amide bonds. The standard InChI is InChI=1S/C20H24N2O3S/c1-6-11-22(20-15(3)12-14(2)13-16(20)4)26(24,25)19-9-7-18(8-10-19)21-17(5)23/h6-10,12-13H,1,11H2,2-5H3,(H,21,23). The number of carbonyl (C=O) groups is 1. The molecule has 0 unspecified atom stereocenters. The molecule has 1 N–H and O–H groups in total. The Bertz CT molecular complexity index is 909. The first-order valence-electron chi connectivity index (χ1n) is 8.26. The third kappa shape index (κ3) is 4.14. The van der Waals surface area contributed by atoms with Crippen molar-refractivity contribution in [3.05, 3.63) is 65.7 Å². The number of benzene rings is 2. The zero-order chi connectivity index (χ0) is 19.5. The molecule has 0 spiro atoms. The zero-order valence-corrected chi connectivity index (χ0v) is 16.4. The lowest BCUT2D eigenvalue weighted by molar-refractivity contribution is -0.114. The van der Waals surface area contributed by atoms with Gasteiger partial charge < -0.3 is 5.32 Å². The van der Waals surface area contributed by atoms with Gasteiger partial charge in [-0.05, 0) is 56.2 Å². The molecule has 5 nitrogen and oxygen atoms in total. The Morgan fingerprint density at radius 3 is 2.12 bits per heavy atom. The maximum absolute atomic E-state index is 13.2. The molecule has 0 aliphatic carbocycles. The van der Waals surface area contributed by atoms with E-state index in [1.807, 2.05) is 32.9 Å². The fourth-order valence-electron chi connectivity index (χ4n) is 3.03. The van der Waals surface area contributed by atoms with Gasteiger partial charge in [-0.15, -0.1) is 6.58 Å². The molecule has 2 aromatic carbocycles. The number of sulfonamides is 1. The molecule has 0 aliphatic heterocycles. The molecule has 6 heteroatoms. The first-order chi connectivity index (χ1) is 12.2. The van der Waals surface area contributed by atoms with Crippen LogP contribution in [0.5, 0.6) is 0 Å². The van der Waals surface area contributed by atoms with Gasteiger partial charge >= 0.3 is 0 Å². The van der Waals surface area contributed by atoms with E-state index in [2.05, 4.69) is 11.9 Å². The fraction of sp³-hybridized carbons (Fsp3) is 0.250. The van der Waals surface area contributed by atoms with E-state index in [9.17, 15) is 13.2 Å². The van der Waals surface area contributed by atoms with E-state index >= 15 is 0 Å². The highest BCUT2D eigenvalue weighted by molar-refractivity contribution is 7.92. The molecule has 0 aliphatic rings. The minimum Gasteiger partial charge on any atom is -0.326 e. The lowest BCUT2D eigenvalue weighted by Gasteiger charge is -2.27. The van der Waals surface area contributed by atoms with E-state index in [0.29, 0.717) is 11.4 Å². The zero-order valence-electron chi connectivity index (χ0n) is 15.5. The molecular weight excluding hydrogens is 348 g/mol. The molecule has 138 valence electrons. The predicted molar refractivity (Wildman–Crippen MR) is 106 cm³/mol. The van der Waals surface area contributed by atoms with Crippen molar-refractivity contribution in [1.29, 1.82) is 0 Å². The van der Waals surface area contributed by atoms with Crippen molar-refractivity contribution < 1.29 is 13.2 Å². The van der Waals surface area contributed by atoms with E-state index in [1.54, 1.807) is 18.2 Å². The Morgan fingerprint density at radius 2 is 1.65 bits per heavy atom. The van der Waals surface area contributed by atoms with Crippen LogP contribution in [-0.4, -0.2) is 20.9 Å². The van der Waals surface area contributed by atoms with E-state index in [-0.39, 0.29) is 17.3 Å². The number of hydrogen-bond donors (Lipinski definition) is 1. The van der Waals surface area contributed by atoms with Gasteiger partial charge in [0, 0.05) is 12.6 Å². The van der Waals surface area contributed by atoms with Crippen molar-refractivity contribution in [1.82, 2.24) is 0 Å². The molecule has 26 heavy (non-hydrogen) atoms. The Morgan fingerprint density at radius 1 is 1.12 bits per heavy atom. The first-order valence-corrected chi connectivity index (χ1v) is 9.70. The van der Waals surface area contributed by atoms with Crippen molar-refractivity contribution in [3.8, 4) is 0 Å². The van der Waals surface area contributed by atoms with Crippen LogP contribution in [0.3, 0.4) is 0 Å². The molecule has 0 aromatic heterocycles. The van der Waals surface area contributed by atoms with Crippen molar-refractivity contribution in [3.63, 3.8) is 0 Å². The summed E-state index contributed by atoms with van der Waals surface area (Å²) < 4.78 is 27.8. The summed E-state index contributed by atoms with van der Waals surface area (Å²) in [5.74, 6) is -0.209. The first kappa shape index (κ1) is 19.7. The minimum absolute atomic E-state index is 0.160. The number of nitrogens with zero attached hydrogens (tertiary/aromatic N) is 1. The molecule has 0 heterocycles. The van der Waals surface area contributed by atoms with Crippen molar-refractivity contribution in [2.75, 3.05) is 16.2 Å². The lowest BCUT2D eigenvalue weighted by atomic mass is 10.1. The van der Waals surface area contributed by atoms with Gasteiger partial charge in [-0.2, -0.15) is 0 Å². The predicted octanol–water partition coefficient (Wildman–Crippen LogP) is 3.95. The molecule has 2 rings (SSSR count). The summed E-state index contributed by atoms with van der Waals surface area (Å²) in [6.45, 7) is 11.1. The lowest BCUT2D eigenvalue weighted by Crippen LogP contribution is -2.32. The summed E-state index contributed by atoms with van der Waals surface area (Å²) in [4.78, 5) is 11.3. The maximum Gasteiger partial charge on any atom is 0.264 e. The van der Waals surface area contributed by atoms with Crippen molar-refractivity contribution >= 4 is 27.3 Å². The SMILES string of the molecule is C=CCN(c1c(C)cc(C)cc1C)S(=O)(=O)c1ccc(NC(C)=O)cc1. The second-order valence-electron chi connectivity index (χ2n) is 6.28. The monoisotopic (exact) mass is 372 g/mol. The highest BCUT2D eigenvalue weighted by atomic mass is 32.2. The van der Waals surface area contributed by atoms with Gasteiger partial charge in [0.25, 0.3) is 10.0 Å². The van der Waals surface area contributed by atoms with E-state index in [0.717, 1.165) is 16.7 Å². The van der Waals surface area contributed by atoms with E-state index in [1.165, 1.54) is 23.4 Å². The van der Waals surface area contributed by atoms with E-state index < -0.39 is 10.0 Å². The molecule has 0 fully saturated rings. The summed E-state index contributed by atoms with van der Waals surface area (Å²) in [7, 11) is -3.77. The van der Waals surface area contributed by atoms with Crippen LogP contribution in [0.25, 0.3) is 0 Å². The fourth-order valence-corrected chi connectivity index (χ4v) is 4.60. The van der Waals surface area contributed by atoms with Crippen molar-refractivity contribution in [2.24, 2.45) is 0 Å². The second-order valence-corrected chi connectivity index (χ2v) is 8.14. The van der Waals surface area contributed by atoms with Crippen LogP contribution in [0.2, 0.25) is 0 Å². The Kier molecular flexibility index (Phi) is 5.87. The molecular formula is C20H24N2O3S. The molecule has 0 saturated heterocycles. The van der Waals surface area contributed by atoms with Crippen LogP contribution in [-0.2, 0) is 14.8 Å². The number of rotatable bonds is 6. The summed E-state index contributed by atoms with van der Waals surface area (Å²) in [5, 5.41) is 2.63. The summed E-state index contributed by atoms with van der Waals surface area (Å²) in [6.07, 6.45) is 1.57. The number of amides is 1. The van der Waals surface area contributed by atoms with Crippen LogP contribution < -0.4 is 9.62 Å². The van der Waals surface area contributed by atoms with E-state index in [4.69, 9.17) is 0 Å². The molecule has 0 saturated carbocycles. The van der Waals surface area contributed by atoms with Gasteiger partial charge in [0.05, 0.1) is 17.1 Å². The Balaban J connectivity index is 2.52. The third-order valence-electron chi connectivity index (χ3n) is 3.94. The normalized spacial score (nSPS) is 11.1. The highest BCUT2D eigenvalue weighted by Crippen LogP contribution is 2.31. The smallest absolute Gasteiger partial charge is 0.264 e. The number of anilines is 2. The molecule has 0 bridgehead atoms. The highest BCUT2D eigenvalue weighted by Gasteiger charge is 2.26. The van der Waals surface area contributed by atoms with Gasteiger partial charge in [-0.1, -0.05) is 23.8 Å². The maximum atomic E-state index is 13.2. The Labute approximate surface area is 155 Å². The number of carbonyl (C=O) groups excluding carboxylic acids is 1. The van der Waals surface area contributed by atoms with Crippen molar-refractivity contribution in [2.45, 2.75) is 32.6 Å². The van der Waals surface area contributed by atoms with Gasteiger partial charge in [-0.3, -0.25) is 9.10 Å². The number of aryl methyl sites for hydroxylation is 3. The topological polar surface area (TPSA) is 66.5 Å². The second kappa shape index (κ2) is 7.74. The Hall–Kier alpha value is -2.60. The van der Waals surface area contributed by atoms with Crippen LogP contribution in [0.1, 0.15) is 23.6 Å². The summed E-state index contributed by atoms with van der Waals surface area (Å²) >= 11 is 0. The largest absolute Gasteiger partial charge is 0.326 e. The minimum atomic E-state index is -3.77. The van der Waals surface area contributed by atoms with Gasteiger partial charge in [0.2, 0.25) is 5.91 Å². The van der Waals surface area contributed by atoms with Crippen LogP contribution in [0.4, 0.5) is 11.4 Å². The van der Waals surface area contributed by atoms with Crippen LogP contribution in [0.15, 0.2) is 53.9 Å². The number of hydrogen-bond acceptors (Lipinski definition) is 3. The summed E-state index contributed by atoms with van der Waals surface area (Å²) in [6, 6.07) is 10.1. The van der Waals surface area contributed by atoms with Gasteiger partial charge in [-0.25, -0.2) is 8.42 Å². The molecule has 0 radical (unpaired) electrons. The quantitative estimate of drug-likeness (QED) is 0.781. The van der Waals surface area contributed by atoms with Gasteiger partial charge in [0.15, 0.2) is 0 Å². The third-order valence-corrected chi connectivity index (χ3v) is 5.72.